The van der Waals surface area contributed by atoms with E-state index in [9.17, 15) is 8.42 Å². The van der Waals surface area contributed by atoms with Gasteiger partial charge in [-0.05, 0) is 45.4 Å². The molecule has 1 rings (SSSR count). The van der Waals surface area contributed by atoms with E-state index in [0.29, 0.717) is 12.0 Å². The number of methoxy groups -OCH3 is 1. The van der Waals surface area contributed by atoms with E-state index in [2.05, 4.69) is 20.3 Å². The molecule has 150 valence electrons. The third kappa shape index (κ3) is 9.95. The Kier molecular flexibility index (Phi) is 10.8. The average molecular weight is 490 g/mol. The molecule has 1 saturated carbocycles. The van der Waals surface area contributed by atoms with Crippen LogP contribution in [0.3, 0.4) is 0 Å². The van der Waals surface area contributed by atoms with Gasteiger partial charge in [0.25, 0.3) is 0 Å². The lowest BCUT2D eigenvalue weighted by Crippen LogP contribution is -2.49. The first-order chi connectivity index (χ1) is 11.1. The van der Waals surface area contributed by atoms with E-state index in [-0.39, 0.29) is 24.0 Å². The molecule has 0 aromatic heterocycles. The molecule has 1 aliphatic carbocycles. The average Bonchev–Trinajstić information content (AvgIpc) is 2.40. The van der Waals surface area contributed by atoms with Crippen LogP contribution < -0.4 is 15.4 Å². The van der Waals surface area contributed by atoms with E-state index >= 15 is 0 Å². The Morgan fingerprint density at radius 3 is 2.36 bits per heavy atom. The topological polar surface area (TPSA) is 91.8 Å². The molecule has 0 bridgehead atoms. The van der Waals surface area contributed by atoms with Gasteiger partial charge in [-0.2, -0.15) is 0 Å². The Bertz CT molecular complexity index is 519. The minimum atomic E-state index is -3.26. The number of halogens is 1. The first kappa shape index (κ1) is 24.9. The SMILES string of the molecule is CCNC(=NCC(C)(C)NS(C)(=O)=O)NCC1(CCOC)CCC1.I. The fraction of sp³-hybridized carbons (Fsp3) is 0.938. The van der Waals surface area contributed by atoms with Crippen LogP contribution in [0.2, 0.25) is 0 Å². The maximum Gasteiger partial charge on any atom is 0.209 e. The van der Waals surface area contributed by atoms with Crippen molar-refractivity contribution in [1.82, 2.24) is 15.4 Å². The molecule has 0 heterocycles. The van der Waals surface area contributed by atoms with E-state index in [1.165, 1.54) is 19.3 Å². The summed E-state index contributed by atoms with van der Waals surface area (Å²) >= 11 is 0. The summed E-state index contributed by atoms with van der Waals surface area (Å²) in [5.74, 6) is 0.726. The zero-order valence-corrected chi connectivity index (χ0v) is 19.3. The molecule has 0 spiro atoms. The second-order valence-corrected chi connectivity index (χ2v) is 9.15. The Hall–Kier alpha value is -0.130. The van der Waals surface area contributed by atoms with Gasteiger partial charge >= 0.3 is 0 Å². The van der Waals surface area contributed by atoms with Crippen molar-refractivity contribution in [3.8, 4) is 0 Å². The molecule has 0 radical (unpaired) electrons. The smallest absolute Gasteiger partial charge is 0.209 e. The zero-order chi connectivity index (χ0) is 18.3. The van der Waals surface area contributed by atoms with Crippen molar-refractivity contribution < 1.29 is 13.2 Å². The van der Waals surface area contributed by atoms with Gasteiger partial charge in [-0.1, -0.05) is 6.42 Å². The number of hydrogen-bond acceptors (Lipinski definition) is 4. The standard InChI is InChI=1S/C16H34N4O3S.HI/c1-6-17-14(18-12-15(2,3)20-24(5,21)22)19-13-16(8-7-9-16)10-11-23-4;/h20H,6-13H2,1-5H3,(H2,17,18,19);1H. The van der Waals surface area contributed by atoms with E-state index in [1.54, 1.807) is 7.11 Å². The molecule has 0 aliphatic heterocycles. The predicted octanol–water partition coefficient (Wildman–Crippen LogP) is 1.69. The molecule has 0 aromatic rings. The highest BCUT2D eigenvalue weighted by Crippen LogP contribution is 2.43. The summed E-state index contributed by atoms with van der Waals surface area (Å²) in [6, 6.07) is 0. The third-order valence-electron chi connectivity index (χ3n) is 4.32. The number of ether oxygens (including phenoxy) is 1. The summed E-state index contributed by atoms with van der Waals surface area (Å²) < 4.78 is 30.7. The fourth-order valence-electron chi connectivity index (χ4n) is 2.93. The van der Waals surface area contributed by atoms with Crippen molar-refractivity contribution in [2.75, 3.05) is 39.6 Å². The molecule has 7 nitrogen and oxygen atoms in total. The van der Waals surface area contributed by atoms with Crippen LogP contribution in [-0.2, 0) is 14.8 Å². The van der Waals surface area contributed by atoms with E-state index in [0.717, 1.165) is 38.3 Å². The van der Waals surface area contributed by atoms with Gasteiger partial charge in [0, 0.05) is 32.3 Å². The molecule has 1 fully saturated rings. The van der Waals surface area contributed by atoms with Gasteiger partial charge in [-0.3, -0.25) is 4.99 Å². The highest BCUT2D eigenvalue weighted by atomic mass is 127. The maximum absolute atomic E-state index is 11.4. The lowest BCUT2D eigenvalue weighted by atomic mass is 9.67. The number of nitrogens with one attached hydrogen (secondary N) is 3. The van der Waals surface area contributed by atoms with Crippen LogP contribution in [0.4, 0.5) is 0 Å². The van der Waals surface area contributed by atoms with Crippen LogP contribution in [0.5, 0.6) is 0 Å². The van der Waals surface area contributed by atoms with Gasteiger partial charge in [0.2, 0.25) is 10.0 Å². The number of guanidine groups is 1. The van der Waals surface area contributed by atoms with Crippen molar-refractivity contribution in [2.24, 2.45) is 10.4 Å². The van der Waals surface area contributed by atoms with Gasteiger partial charge in [0.05, 0.1) is 12.8 Å². The molecular formula is C16H35IN4O3S. The molecule has 0 saturated heterocycles. The molecule has 25 heavy (non-hydrogen) atoms. The molecule has 0 aromatic carbocycles. The number of sulfonamides is 1. The molecular weight excluding hydrogens is 455 g/mol. The molecule has 0 atom stereocenters. The summed E-state index contributed by atoms with van der Waals surface area (Å²) in [4.78, 5) is 4.55. The monoisotopic (exact) mass is 490 g/mol. The minimum Gasteiger partial charge on any atom is -0.385 e. The normalized spacial score (nSPS) is 17.4. The largest absolute Gasteiger partial charge is 0.385 e. The number of aliphatic imine (C=N–C) groups is 1. The minimum absolute atomic E-state index is 0. The van der Waals surface area contributed by atoms with Gasteiger partial charge in [-0.15, -0.1) is 24.0 Å². The van der Waals surface area contributed by atoms with E-state index in [4.69, 9.17) is 4.74 Å². The molecule has 0 amide bonds. The summed E-state index contributed by atoms with van der Waals surface area (Å²) in [6.45, 7) is 8.43. The third-order valence-corrected chi connectivity index (χ3v) is 5.24. The van der Waals surface area contributed by atoms with Crippen LogP contribution in [0.15, 0.2) is 4.99 Å². The van der Waals surface area contributed by atoms with Gasteiger partial charge < -0.3 is 15.4 Å². The number of rotatable bonds is 10. The Morgan fingerprint density at radius 1 is 1.28 bits per heavy atom. The van der Waals surface area contributed by atoms with Crippen molar-refractivity contribution >= 4 is 40.0 Å². The highest BCUT2D eigenvalue weighted by molar-refractivity contribution is 14.0. The second-order valence-electron chi connectivity index (χ2n) is 7.40. The van der Waals surface area contributed by atoms with Crippen LogP contribution in [-0.4, -0.2) is 59.5 Å². The van der Waals surface area contributed by atoms with Crippen molar-refractivity contribution in [3.05, 3.63) is 0 Å². The number of nitrogens with zero attached hydrogens (tertiary/aromatic N) is 1. The lowest BCUT2D eigenvalue weighted by Gasteiger charge is -2.42. The molecule has 1 aliphatic rings. The van der Waals surface area contributed by atoms with Crippen LogP contribution >= 0.6 is 24.0 Å². The zero-order valence-electron chi connectivity index (χ0n) is 16.1. The van der Waals surface area contributed by atoms with Crippen molar-refractivity contribution in [1.29, 1.82) is 0 Å². The quantitative estimate of drug-likeness (QED) is 0.246. The molecule has 0 unspecified atom stereocenters. The Labute approximate surface area is 170 Å². The molecule has 3 N–H and O–H groups in total. The first-order valence-corrected chi connectivity index (χ1v) is 10.5. The Morgan fingerprint density at radius 2 is 1.92 bits per heavy atom. The lowest BCUT2D eigenvalue weighted by molar-refractivity contribution is 0.0732. The highest BCUT2D eigenvalue weighted by Gasteiger charge is 2.36. The predicted molar refractivity (Wildman–Crippen MR) is 114 cm³/mol. The fourth-order valence-corrected chi connectivity index (χ4v) is 4.00. The first-order valence-electron chi connectivity index (χ1n) is 8.61. The second kappa shape index (κ2) is 10.9. The van der Waals surface area contributed by atoms with Gasteiger partial charge in [-0.25, -0.2) is 13.1 Å². The van der Waals surface area contributed by atoms with Crippen LogP contribution in [0.25, 0.3) is 0 Å². The summed E-state index contributed by atoms with van der Waals surface area (Å²) in [5, 5.41) is 6.64. The van der Waals surface area contributed by atoms with Gasteiger partial charge in [0.1, 0.15) is 0 Å². The summed E-state index contributed by atoms with van der Waals surface area (Å²) in [6.07, 6.45) is 5.91. The summed E-state index contributed by atoms with van der Waals surface area (Å²) in [7, 11) is -1.52. The Balaban J connectivity index is 0.00000576. The van der Waals surface area contributed by atoms with Gasteiger partial charge in [0.15, 0.2) is 5.96 Å². The van der Waals surface area contributed by atoms with Crippen LogP contribution in [0.1, 0.15) is 46.5 Å². The van der Waals surface area contributed by atoms with E-state index < -0.39 is 15.6 Å². The van der Waals surface area contributed by atoms with E-state index in [1.807, 2.05) is 20.8 Å². The maximum atomic E-state index is 11.4. The van der Waals surface area contributed by atoms with Crippen LogP contribution in [0, 0.1) is 5.41 Å². The number of hydrogen-bond donors (Lipinski definition) is 3. The molecule has 9 heteroatoms. The van der Waals surface area contributed by atoms with Crippen molar-refractivity contribution in [3.63, 3.8) is 0 Å². The summed E-state index contributed by atoms with van der Waals surface area (Å²) in [5.41, 5.74) is -0.327. The van der Waals surface area contributed by atoms with Crippen molar-refractivity contribution in [2.45, 2.75) is 52.0 Å².